The van der Waals surface area contributed by atoms with Gasteiger partial charge in [0.05, 0.1) is 10.6 Å². The van der Waals surface area contributed by atoms with Gasteiger partial charge in [0, 0.05) is 22.0 Å². The van der Waals surface area contributed by atoms with Gasteiger partial charge in [0.2, 0.25) is 0 Å². The van der Waals surface area contributed by atoms with E-state index < -0.39 is 17.9 Å². The second-order valence-electron chi connectivity index (χ2n) is 6.68. The summed E-state index contributed by atoms with van der Waals surface area (Å²) >= 11 is 18.3. The Kier molecular flexibility index (Phi) is 7.80. The normalized spacial score (nSPS) is 11.6. The van der Waals surface area contributed by atoms with Crippen LogP contribution in [0.2, 0.25) is 15.1 Å². The van der Waals surface area contributed by atoms with Crippen molar-refractivity contribution < 1.29 is 19.4 Å². The fourth-order valence-electron chi connectivity index (χ4n) is 2.86. The van der Waals surface area contributed by atoms with Crippen LogP contribution < -0.4 is 10.1 Å². The molecule has 2 N–H and O–H groups in total. The van der Waals surface area contributed by atoms with Crippen LogP contribution in [0.25, 0.3) is 0 Å². The van der Waals surface area contributed by atoms with E-state index >= 15 is 0 Å². The molecule has 0 saturated carbocycles. The van der Waals surface area contributed by atoms with Gasteiger partial charge in [-0.15, -0.1) is 0 Å². The molecule has 5 nitrogen and oxygen atoms in total. The summed E-state index contributed by atoms with van der Waals surface area (Å²) in [6.45, 7) is 0.198. The number of carbonyl (C=O) groups is 2. The average Bonchev–Trinajstić information content (AvgIpc) is 2.74. The van der Waals surface area contributed by atoms with E-state index in [4.69, 9.17) is 39.5 Å². The summed E-state index contributed by atoms with van der Waals surface area (Å²) in [6.07, 6.45) is 0.0994. The van der Waals surface area contributed by atoms with Crippen LogP contribution in [0.4, 0.5) is 0 Å². The summed E-state index contributed by atoms with van der Waals surface area (Å²) < 4.78 is 5.73. The number of nitrogens with one attached hydrogen (secondary N) is 1. The van der Waals surface area contributed by atoms with E-state index in [-0.39, 0.29) is 23.6 Å². The second kappa shape index (κ2) is 10.5. The first-order valence-electron chi connectivity index (χ1n) is 9.28. The second-order valence-corrected chi connectivity index (χ2v) is 7.90. The minimum Gasteiger partial charge on any atom is -0.489 e. The molecule has 0 aliphatic carbocycles. The number of ether oxygens (including phenoxy) is 1. The number of carboxylic acids is 1. The van der Waals surface area contributed by atoms with Gasteiger partial charge in [-0.1, -0.05) is 65.1 Å². The molecule has 31 heavy (non-hydrogen) atoms. The Balaban J connectivity index is 1.63. The van der Waals surface area contributed by atoms with E-state index in [1.54, 1.807) is 60.7 Å². The number of benzene rings is 3. The number of carboxylic acid groups (broad SMARTS) is 1. The van der Waals surface area contributed by atoms with Crippen LogP contribution in [-0.4, -0.2) is 23.0 Å². The molecule has 3 rings (SSSR count). The molecule has 0 spiro atoms. The van der Waals surface area contributed by atoms with Gasteiger partial charge in [-0.3, -0.25) is 4.79 Å². The summed E-state index contributed by atoms with van der Waals surface area (Å²) in [5, 5.41) is 13.3. The summed E-state index contributed by atoms with van der Waals surface area (Å²) in [4.78, 5) is 24.0. The first-order valence-corrected chi connectivity index (χ1v) is 10.4. The zero-order valence-electron chi connectivity index (χ0n) is 16.1. The molecular formula is C23H18Cl3NO4. The summed E-state index contributed by atoms with van der Waals surface area (Å²) in [7, 11) is 0. The minimum atomic E-state index is -1.14. The Hall–Kier alpha value is -2.73. The largest absolute Gasteiger partial charge is 0.489 e. The third-order valence-electron chi connectivity index (χ3n) is 4.53. The molecule has 160 valence electrons. The van der Waals surface area contributed by atoms with Gasteiger partial charge in [-0.2, -0.15) is 0 Å². The van der Waals surface area contributed by atoms with Crippen molar-refractivity contribution >= 4 is 46.7 Å². The van der Waals surface area contributed by atoms with Crippen LogP contribution in [0, 0.1) is 0 Å². The number of aliphatic carboxylic acids is 1. The van der Waals surface area contributed by atoms with Crippen molar-refractivity contribution in [1.82, 2.24) is 5.32 Å². The number of rotatable bonds is 8. The molecule has 0 aliphatic rings. The molecule has 0 radical (unpaired) electrons. The lowest BCUT2D eigenvalue weighted by atomic mass is 10.1. The van der Waals surface area contributed by atoms with Crippen molar-refractivity contribution in [2.45, 2.75) is 19.1 Å². The standard InChI is InChI=1S/C23H18Cl3NO4/c24-18-5-2-1-4-16(18)22(28)27-21(23(29)30)12-14-8-10-15(11-9-14)31-13-17-19(25)6-3-7-20(17)26/h1-11,21H,12-13H2,(H,27,28)(H,29,30)/t21-/m0/s1. The molecule has 3 aromatic rings. The van der Waals surface area contributed by atoms with E-state index in [2.05, 4.69) is 5.32 Å². The molecule has 1 atom stereocenters. The van der Waals surface area contributed by atoms with Crippen LogP contribution in [0.3, 0.4) is 0 Å². The fraction of sp³-hybridized carbons (Fsp3) is 0.130. The van der Waals surface area contributed by atoms with Gasteiger partial charge in [0.15, 0.2) is 0 Å². The number of amides is 1. The van der Waals surface area contributed by atoms with Gasteiger partial charge in [0.25, 0.3) is 5.91 Å². The van der Waals surface area contributed by atoms with Gasteiger partial charge in [0.1, 0.15) is 18.4 Å². The monoisotopic (exact) mass is 477 g/mol. The highest BCUT2D eigenvalue weighted by molar-refractivity contribution is 6.36. The van der Waals surface area contributed by atoms with Crippen LogP contribution in [0.5, 0.6) is 5.75 Å². The SMILES string of the molecule is O=C(N[C@@H](Cc1ccc(OCc2c(Cl)cccc2Cl)cc1)C(=O)O)c1ccccc1Cl. The Bertz CT molecular complexity index is 1070. The Morgan fingerprint density at radius 2 is 1.48 bits per heavy atom. The maximum atomic E-state index is 12.4. The molecule has 0 aromatic heterocycles. The predicted molar refractivity (Wildman–Crippen MR) is 121 cm³/mol. The first-order chi connectivity index (χ1) is 14.8. The summed E-state index contributed by atoms with van der Waals surface area (Å²) in [5.41, 5.74) is 1.62. The smallest absolute Gasteiger partial charge is 0.326 e. The van der Waals surface area contributed by atoms with Crippen molar-refractivity contribution in [3.05, 3.63) is 98.5 Å². The van der Waals surface area contributed by atoms with E-state index in [9.17, 15) is 14.7 Å². The predicted octanol–water partition coefficient (Wildman–Crippen LogP) is 5.65. The minimum absolute atomic E-state index is 0.0994. The Morgan fingerprint density at radius 1 is 0.871 bits per heavy atom. The van der Waals surface area contributed by atoms with Crippen LogP contribution in [0.1, 0.15) is 21.5 Å². The number of halogens is 3. The van der Waals surface area contributed by atoms with Crippen molar-refractivity contribution in [2.75, 3.05) is 0 Å². The maximum Gasteiger partial charge on any atom is 0.326 e. The Labute approximate surface area is 194 Å². The van der Waals surface area contributed by atoms with Gasteiger partial charge < -0.3 is 15.2 Å². The molecule has 0 bridgehead atoms. The number of hydrogen-bond donors (Lipinski definition) is 2. The maximum absolute atomic E-state index is 12.4. The van der Waals surface area contributed by atoms with Gasteiger partial charge in [-0.25, -0.2) is 4.79 Å². The molecule has 0 aliphatic heterocycles. The first kappa shape index (κ1) is 22.9. The van der Waals surface area contributed by atoms with E-state index in [1.165, 1.54) is 6.07 Å². The lowest BCUT2D eigenvalue weighted by Gasteiger charge is -2.16. The van der Waals surface area contributed by atoms with Crippen LogP contribution in [-0.2, 0) is 17.8 Å². The molecular weight excluding hydrogens is 461 g/mol. The lowest BCUT2D eigenvalue weighted by molar-refractivity contribution is -0.139. The van der Waals surface area contributed by atoms with Crippen LogP contribution in [0.15, 0.2) is 66.7 Å². The zero-order valence-corrected chi connectivity index (χ0v) is 18.4. The highest BCUT2D eigenvalue weighted by Gasteiger charge is 2.22. The van der Waals surface area contributed by atoms with Crippen LogP contribution >= 0.6 is 34.8 Å². The zero-order chi connectivity index (χ0) is 22.4. The summed E-state index contributed by atoms with van der Waals surface area (Å²) in [6, 6.07) is 17.5. The quantitative estimate of drug-likeness (QED) is 0.438. The van der Waals surface area contributed by atoms with Crippen molar-refractivity contribution in [3.8, 4) is 5.75 Å². The van der Waals surface area contributed by atoms with Crippen molar-refractivity contribution in [1.29, 1.82) is 0 Å². The third kappa shape index (κ3) is 6.14. The van der Waals surface area contributed by atoms with E-state index in [1.807, 2.05) is 0 Å². The van der Waals surface area contributed by atoms with Crippen molar-refractivity contribution in [2.24, 2.45) is 0 Å². The molecule has 3 aromatic carbocycles. The van der Waals surface area contributed by atoms with Gasteiger partial charge in [-0.05, 0) is 42.0 Å². The topological polar surface area (TPSA) is 75.6 Å². The molecule has 0 fully saturated rings. The number of carbonyl (C=O) groups excluding carboxylic acids is 1. The highest BCUT2D eigenvalue weighted by Crippen LogP contribution is 2.26. The van der Waals surface area contributed by atoms with Crippen molar-refractivity contribution in [3.63, 3.8) is 0 Å². The summed E-state index contributed by atoms with van der Waals surface area (Å²) in [5.74, 6) is -1.12. The molecule has 0 unspecified atom stereocenters. The number of hydrogen-bond acceptors (Lipinski definition) is 3. The highest BCUT2D eigenvalue weighted by atomic mass is 35.5. The third-order valence-corrected chi connectivity index (χ3v) is 5.57. The molecule has 0 heterocycles. The molecule has 0 saturated heterocycles. The fourth-order valence-corrected chi connectivity index (χ4v) is 3.59. The molecule has 8 heteroatoms. The van der Waals surface area contributed by atoms with Gasteiger partial charge >= 0.3 is 5.97 Å². The lowest BCUT2D eigenvalue weighted by Crippen LogP contribution is -2.42. The van der Waals surface area contributed by atoms with E-state index in [0.29, 0.717) is 21.4 Å². The Morgan fingerprint density at radius 3 is 2.10 bits per heavy atom. The molecule has 1 amide bonds. The average molecular weight is 479 g/mol. The van der Waals surface area contributed by atoms with E-state index in [0.717, 1.165) is 5.56 Å².